The minimum Gasteiger partial charge on any atom is -0.489 e. The summed E-state index contributed by atoms with van der Waals surface area (Å²) in [5.41, 5.74) is 0.526. The van der Waals surface area contributed by atoms with Gasteiger partial charge in [0.1, 0.15) is 18.5 Å². The number of hydrogen-bond donors (Lipinski definition) is 1. The van der Waals surface area contributed by atoms with Gasteiger partial charge in [-0.25, -0.2) is 0 Å². The maximum absolute atomic E-state index is 9.66. The fraction of sp³-hybridized carbons (Fsp3) is 0.667. The van der Waals surface area contributed by atoms with Crippen LogP contribution in [-0.4, -0.2) is 40.2 Å². The van der Waals surface area contributed by atoms with Gasteiger partial charge in [0.15, 0.2) is 0 Å². The Morgan fingerprint density at radius 2 is 2.06 bits per heavy atom. The molecule has 0 fully saturated rings. The first kappa shape index (κ1) is 13.9. The van der Waals surface area contributed by atoms with Gasteiger partial charge in [-0.05, 0) is 27.7 Å². The molecule has 0 saturated carbocycles. The molecule has 96 valence electrons. The van der Waals surface area contributed by atoms with Crippen molar-refractivity contribution in [3.05, 3.63) is 18.0 Å². The molecule has 17 heavy (non-hydrogen) atoms. The first-order valence-electron chi connectivity index (χ1n) is 5.61. The first-order valence-corrected chi connectivity index (χ1v) is 5.61. The Kier molecular flexibility index (Phi) is 4.84. The van der Waals surface area contributed by atoms with Crippen molar-refractivity contribution in [3.63, 3.8) is 0 Å². The molecule has 0 aromatic carbocycles. The van der Waals surface area contributed by atoms with Crippen molar-refractivity contribution in [1.29, 1.82) is 0 Å². The van der Waals surface area contributed by atoms with Crippen molar-refractivity contribution in [2.45, 2.75) is 39.4 Å². The first-order chi connectivity index (χ1) is 7.87. The molecule has 1 unspecified atom stereocenters. The zero-order valence-electron chi connectivity index (χ0n) is 10.8. The predicted molar refractivity (Wildman–Crippen MR) is 64.0 cm³/mol. The molecule has 0 bridgehead atoms. The van der Waals surface area contributed by atoms with E-state index in [1.165, 1.54) is 6.20 Å². The number of aliphatic hydroxyl groups excluding tert-OH is 1. The third-order valence-corrected chi connectivity index (χ3v) is 1.90. The van der Waals surface area contributed by atoms with Gasteiger partial charge in [0.25, 0.3) is 0 Å². The van der Waals surface area contributed by atoms with E-state index < -0.39 is 6.10 Å². The molecular weight excluding hydrogens is 220 g/mol. The molecular formula is C12H20N2O3. The van der Waals surface area contributed by atoms with Crippen LogP contribution >= 0.6 is 0 Å². The molecule has 0 aliphatic heterocycles. The summed E-state index contributed by atoms with van der Waals surface area (Å²) in [5.74, 6) is 0.604. The van der Waals surface area contributed by atoms with Gasteiger partial charge >= 0.3 is 0 Å². The summed E-state index contributed by atoms with van der Waals surface area (Å²) in [6.07, 6.45) is 0.868. The molecule has 1 N–H and O–H groups in total. The van der Waals surface area contributed by atoms with E-state index in [1.807, 2.05) is 27.7 Å². The van der Waals surface area contributed by atoms with Gasteiger partial charge in [-0.3, -0.25) is 0 Å². The number of rotatable bonds is 5. The van der Waals surface area contributed by atoms with Gasteiger partial charge in [-0.15, -0.1) is 0 Å². The lowest BCUT2D eigenvalue weighted by molar-refractivity contribution is -0.0586. The Morgan fingerprint density at radius 1 is 1.35 bits per heavy atom. The van der Waals surface area contributed by atoms with E-state index in [-0.39, 0.29) is 18.8 Å². The van der Waals surface area contributed by atoms with Crippen LogP contribution in [0.15, 0.2) is 12.3 Å². The maximum atomic E-state index is 9.66. The number of aliphatic hydroxyl groups is 1. The third-order valence-electron chi connectivity index (χ3n) is 1.90. The van der Waals surface area contributed by atoms with Gasteiger partial charge < -0.3 is 14.6 Å². The van der Waals surface area contributed by atoms with E-state index in [0.29, 0.717) is 5.75 Å². The van der Waals surface area contributed by atoms with E-state index in [1.54, 1.807) is 6.07 Å². The summed E-state index contributed by atoms with van der Waals surface area (Å²) >= 11 is 0. The normalized spacial score (nSPS) is 13.5. The second-order valence-electron chi connectivity index (χ2n) is 4.92. The summed E-state index contributed by atoms with van der Waals surface area (Å²) < 4.78 is 10.8. The second-order valence-corrected chi connectivity index (χ2v) is 4.92. The molecule has 1 aromatic heterocycles. The minimum atomic E-state index is -0.650. The van der Waals surface area contributed by atoms with Gasteiger partial charge in [-0.1, -0.05) is 0 Å². The van der Waals surface area contributed by atoms with E-state index in [9.17, 15) is 5.11 Å². The SMILES string of the molecule is Cc1cc(OCC(O)COC(C)(C)C)cnn1. The Hall–Kier alpha value is -1.20. The molecule has 0 aliphatic carbocycles. The van der Waals surface area contributed by atoms with Crippen molar-refractivity contribution >= 4 is 0 Å². The number of aromatic nitrogens is 2. The van der Waals surface area contributed by atoms with Gasteiger partial charge in [0.2, 0.25) is 0 Å². The van der Waals surface area contributed by atoms with Crippen LogP contribution in [0, 0.1) is 6.92 Å². The van der Waals surface area contributed by atoms with Crippen molar-refractivity contribution < 1.29 is 14.6 Å². The van der Waals surface area contributed by atoms with Crippen LogP contribution in [0.3, 0.4) is 0 Å². The molecule has 5 heteroatoms. The summed E-state index contributed by atoms with van der Waals surface area (Å²) in [6.45, 7) is 8.09. The van der Waals surface area contributed by atoms with Crippen LogP contribution in [0.1, 0.15) is 26.5 Å². The molecule has 1 heterocycles. The summed E-state index contributed by atoms with van der Waals surface area (Å²) in [6, 6.07) is 1.77. The lowest BCUT2D eigenvalue weighted by Crippen LogP contribution is -2.29. The highest BCUT2D eigenvalue weighted by Gasteiger charge is 2.14. The van der Waals surface area contributed by atoms with E-state index in [0.717, 1.165) is 5.69 Å². The smallest absolute Gasteiger partial charge is 0.141 e. The van der Waals surface area contributed by atoms with Crippen LogP contribution in [0.5, 0.6) is 5.75 Å². The van der Waals surface area contributed by atoms with Crippen molar-refractivity contribution in [3.8, 4) is 5.75 Å². The summed E-state index contributed by atoms with van der Waals surface area (Å²) in [7, 11) is 0. The topological polar surface area (TPSA) is 64.5 Å². The lowest BCUT2D eigenvalue weighted by atomic mass is 10.2. The van der Waals surface area contributed by atoms with Gasteiger partial charge in [-0.2, -0.15) is 10.2 Å². The predicted octanol–water partition coefficient (Wildman–Crippen LogP) is 1.34. The average molecular weight is 240 g/mol. The number of nitrogens with zero attached hydrogens (tertiary/aromatic N) is 2. The highest BCUT2D eigenvalue weighted by atomic mass is 16.5. The molecule has 5 nitrogen and oxygen atoms in total. The second kappa shape index (κ2) is 5.93. The molecule has 0 spiro atoms. The largest absolute Gasteiger partial charge is 0.489 e. The van der Waals surface area contributed by atoms with Crippen LogP contribution in [-0.2, 0) is 4.74 Å². The average Bonchev–Trinajstić information content (AvgIpc) is 2.23. The molecule has 0 radical (unpaired) electrons. The molecule has 1 atom stereocenters. The highest BCUT2D eigenvalue weighted by Crippen LogP contribution is 2.10. The Bertz CT molecular complexity index is 350. The third kappa shape index (κ3) is 6.19. The maximum Gasteiger partial charge on any atom is 0.141 e. The monoisotopic (exact) mass is 240 g/mol. The van der Waals surface area contributed by atoms with Crippen molar-refractivity contribution in [1.82, 2.24) is 10.2 Å². The minimum absolute atomic E-state index is 0.182. The van der Waals surface area contributed by atoms with Crippen molar-refractivity contribution in [2.75, 3.05) is 13.2 Å². The molecule has 1 aromatic rings. The summed E-state index contributed by atoms with van der Waals surface area (Å²) in [4.78, 5) is 0. The van der Waals surface area contributed by atoms with E-state index in [4.69, 9.17) is 9.47 Å². The van der Waals surface area contributed by atoms with Crippen LogP contribution in [0.4, 0.5) is 0 Å². The van der Waals surface area contributed by atoms with Gasteiger partial charge in [0.05, 0.1) is 24.1 Å². The Morgan fingerprint density at radius 3 is 2.65 bits per heavy atom. The Balaban J connectivity index is 2.31. The molecule has 1 rings (SSSR count). The zero-order valence-corrected chi connectivity index (χ0v) is 10.8. The number of ether oxygens (including phenoxy) is 2. The number of hydrogen-bond acceptors (Lipinski definition) is 5. The molecule has 0 amide bonds. The number of aryl methyl sites for hydroxylation is 1. The molecule has 0 aliphatic rings. The van der Waals surface area contributed by atoms with E-state index >= 15 is 0 Å². The van der Waals surface area contributed by atoms with Crippen LogP contribution in [0.25, 0.3) is 0 Å². The quantitative estimate of drug-likeness (QED) is 0.841. The fourth-order valence-electron chi connectivity index (χ4n) is 1.11. The highest BCUT2D eigenvalue weighted by molar-refractivity contribution is 5.17. The zero-order chi connectivity index (χ0) is 12.9. The van der Waals surface area contributed by atoms with Crippen LogP contribution in [0.2, 0.25) is 0 Å². The molecule has 0 saturated heterocycles. The van der Waals surface area contributed by atoms with E-state index in [2.05, 4.69) is 10.2 Å². The van der Waals surface area contributed by atoms with Gasteiger partial charge in [0, 0.05) is 6.07 Å². The Labute approximate surface area is 102 Å². The van der Waals surface area contributed by atoms with Crippen molar-refractivity contribution in [2.24, 2.45) is 0 Å². The standard InChI is InChI=1S/C12H20N2O3/c1-9-5-11(6-13-14-9)16-7-10(15)8-17-12(2,3)4/h5-6,10,15H,7-8H2,1-4H3. The fourth-order valence-corrected chi connectivity index (χ4v) is 1.11. The summed E-state index contributed by atoms with van der Waals surface area (Å²) in [5, 5.41) is 17.2. The lowest BCUT2D eigenvalue weighted by Gasteiger charge is -2.22. The van der Waals surface area contributed by atoms with Crippen LogP contribution < -0.4 is 4.74 Å².